The number of piperazine rings is 2. The molecule has 4 heterocycles. The maximum atomic E-state index is 13.5. The van der Waals surface area contributed by atoms with Gasteiger partial charge in [0.2, 0.25) is 0 Å². The van der Waals surface area contributed by atoms with Gasteiger partial charge in [-0.1, -0.05) is 42.5 Å². The topological polar surface area (TPSA) is 187 Å². The van der Waals surface area contributed by atoms with Gasteiger partial charge in [0.15, 0.2) is 0 Å². The number of nitrogens with zero attached hydrogens (tertiary/aromatic N) is 6. The van der Waals surface area contributed by atoms with E-state index in [-0.39, 0.29) is 45.9 Å². The second-order valence-corrected chi connectivity index (χ2v) is 17.0. The number of carbonyl (C=O) groups is 4. The Kier molecular flexibility index (Phi) is 11.4. The van der Waals surface area contributed by atoms with Crippen LogP contribution < -0.4 is 0 Å². The molecular formula is C43H52N8O8. The van der Waals surface area contributed by atoms with Crippen LogP contribution in [0.25, 0.3) is 22.1 Å². The number of ether oxygens (including phenoxy) is 3. The molecule has 0 aliphatic carbocycles. The lowest BCUT2D eigenvalue weighted by molar-refractivity contribution is -0.000127. The Hall–Kier alpha value is -6.32. The summed E-state index contributed by atoms with van der Waals surface area (Å²) in [6.07, 6.45) is -1.10. The third-order valence-electron chi connectivity index (χ3n) is 10.2. The molecule has 2 unspecified atom stereocenters. The molecule has 7 rings (SSSR count). The van der Waals surface area contributed by atoms with E-state index in [0.717, 1.165) is 33.2 Å². The zero-order valence-corrected chi connectivity index (χ0v) is 34.4. The average Bonchev–Trinajstić information content (AvgIpc) is 3.82. The molecule has 2 fully saturated rings. The number of aromatic nitrogens is 4. The fourth-order valence-electron chi connectivity index (χ4n) is 7.34. The Morgan fingerprint density at radius 2 is 1.12 bits per heavy atom. The van der Waals surface area contributed by atoms with Crippen molar-refractivity contribution < 1.29 is 38.5 Å². The highest BCUT2D eigenvalue weighted by Crippen LogP contribution is 2.30. The molecule has 3 aromatic carbocycles. The number of carboxylic acid groups (broad SMARTS) is 1. The summed E-state index contributed by atoms with van der Waals surface area (Å²) in [5.41, 5.74) is 4.64. The Morgan fingerprint density at radius 3 is 1.59 bits per heavy atom. The monoisotopic (exact) mass is 808 g/mol. The minimum Gasteiger partial charge on any atom is -0.465 e. The van der Waals surface area contributed by atoms with Crippen molar-refractivity contribution in [3.63, 3.8) is 0 Å². The molecule has 2 aliphatic rings. The van der Waals surface area contributed by atoms with Crippen molar-refractivity contribution >= 4 is 46.4 Å². The van der Waals surface area contributed by atoms with Crippen molar-refractivity contribution in [1.29, 1.82) is 0 Å². The number of aryl methyl sites for hydroxylation is 2. The van der Waals surface area contributed by atoms with Gasteiger partial charge in [-0.25, -0.2) is 29.1 Å². The van der Waals surface area contributed by atoms with Gasteiger partial charge in [-0.3, -0.25) is 9.80 Å². The van der Waals surface area contributed by atoms with E-state index in [1.54, 1.807) is 30.6 Å². The average molecular weight is 809 g/mol. The van der Waals surface area contributed by atoms with Crippen molar-refractivity contribution in [1.82, 2.24) is 39.5 Å². The number of hydrogen-bond donors (Lipinski definition) is 3. The summed E-state index contributed by atoms with van der Waals surface area (Å²) in [6, 6.07) is 20.1. The number of benzene rings is 3. The third kappa shape index (κ3) is 9.87. The highest BCUT2D eigenvalue weighted by molar-refractivity contribution is 5.78. The number of amides is 4. The molecule has 0 spiro atoms. The van der Waals surface area contributed by atoms with Gasteiger partial charge in [0.05, 0.1) is 35.2 Å². The molecule has 2 saturated heterocycles. The van der Waals surface area contributed by atoms with E-state index in [1.807, 2.05) is 87.5 Å². The molecule has 5 aromatic rings. The van der Waals surface area contributed by atoms with Gasteiger partial charge < -0.3 is 39.1 Å². The Balaban J connectivity index is 1.06. The van der Waals surface area contributed by atoms with Crippen LogP contribution in [0.3, 0.4) is 0 Å². The van der Waals surface area contributed by atoms with E-state index < -0.39 is 47.7 Å². The minimum absolute atomic E-state index is 0.116. The molecule has 312 valence electrons. The normalized spacial score (nSPS) is 17.7. The Labute approximate surface area is 342 Å². The number of imidazole rings is 2. The van der Waals surface area contributed by atoms with Crippen LogP contribution in [0.15, 0.2) is 66.7 Å². The van der Waals surface area contributed by atoms with E-state index in [2.05, 4.69) is 9.97 Å². The largest absolute Gasteiger partial charge is 0.465 e. The van der Waals surface area contributed by atoms with Crippen LogP contribution in [0.4, 0.5) is 19.2 Å². The number of H-pyrrole nitrogens is 2. The number of fused-ring (bicyclic) bond motifs is 2. The van der Waals surface area contributed by atoms with Crippen molar-refractivity contribution in [2.24, 2.45) is 0 Å². The quantitative estimate of drug-likeness (QED) is 0.140. The summed E-state index contributed by atoms with van der Waals surface area (Å²) in [4.78, 5) is 74.1. The molecule has 3 N–H and O–H groups in total. The lowest BCUT2D eigenvalue weighted by Gasteiger charge is -2.40. The van der Waals surface area contributed by atoms with E-state index in [0.29, 0.717) is 30.0 Å². The summed E-state index contributed by atoms with van der Waals surface area (Å²) in [6.45, 7) is 12.1. The second kappa shape index (κ2) is 16.5. The maximum absolute atomic E-state index is 13.5. The number of nitrogens with one attached hydrogen (secondary N) is 2. The van der Waals surface area contributed by atoms with Crippen LogP contribution in [0.2, 0.25) is 0 Å². The minimum atomic E-state index is -1.08. The molecule has 0 radical (unpaired) electrons. The summed E-state index contributed by atoms with van der Waals surface area (Å²) >= 11 is 0. The first-order valence-corrected chi connectivity index (χ1v) is 19.9. The number of hydrogen-bond acceptors (Lipinski definition) is 9. The van der Waals surface area contributed by atoms with E-state index in [9.17, 15) is 24.3 Å². The Morgan fingerprint density at radius 1 is 0.644 bits per heavy atom. The van der Waals surface area contributed by atoms with E-state index in [1.165, 1.54) is 9.80 Å². The van der Waals surface area contributed by atoms with Gasteiger partial charge >= 0.3 is 24.4 Å². The summed E-state index contributed by atoms with van der Waals surface area (Å²) in [5.74, 6) is 1.000. The van der Waals surface area contributed by atoms with Crippen LogP contribution in [-0.4, -0.2) is 119 Å². The molecule has 4 amide bonds. The van der Waals surface area contributed by atoms with Gasteiger partial charge in [0, 0.05) is 26.2 Å². The van der Waals surface area contributed by atoms with Gasteiger partial charge in [0.1, 0.15) is 41.5 Å². The van der Waals surface area contributed by atoms with Crippen LogP contribution in [-0.2, 0) is 33.7 Å². The van der Waals surface area contributed by atoms with Crippen LogP contribution in [0.5, 0.6) is 0 Å². The predicted molar refractivity (Wildman–Crippen MR) is 219 cm³/mol. The first-order chi connectivity index (χ1) is 28.0. The molecule has 0 bridgehead atoms. The van der Waals surface area contributed by atoms with Gasteiger partial charge in [-0.15, -0.1) is 0 Å². The van der Waals surface area contributed by atoms with Crippen LogP contribution in [0, 0.1) is 0 Å². The molecule has 2 aromatic heterocycles. The maximum Gasteiger partial charge on any atom is 0.410 e. The molecule has 2 aliphatic heterocycles. The van der Waals surface area contributed by atoms with Gasteiger partial charge in [0.25, 0.3) is 0 Å². The number of rotatable bonds is 7. The molecule has 16 nitrogen and oxygen atoms in total. The third-order valence-corrected chi connectivity index (χ3v) is 10.2. The SMILES string of the molecule is CC(C)(C)OC(=O)N1CCN(C(=O)O)C(c2nc3ccc(CCc4ccc5nc(C6CN(C(=O)OC(C)(C)C)CCN6C(=O)OCc6ccccc6)[nH]c5c4)cc3[nH]2)C1. The van der Waals surface area contributed by atoms with Crippen LogP contribution >= 0.6 is 0 Å². The van der Waals surface area contributed by atoms with Gasteiger partial charge in [-0.05, 0) is 95.3 Å². The summed E-state index contributed by atoms with van der Waals surface area (Å²) in [7, 11) is 0. The van der Waals surface area contributed by atoms with Crippen molar-refractivity contribution in [3.8, 4) is 0 Å². The highest BCUT2D eigenvalue weighted by atomic mass is 16.6. The highest BCUT2D eigenvalue weighted by Gasteiger charge is 2.39. The molecule has 2 atom stereocenters. The smallest absolute Gasteiger partial charge is 0.410 e. The standard InChI is InChI=1S/C43H52N8O8/c1-42(2,3)58-39(54)48-18-20-50(38(52)53)34(24-48)36-44-30-16-14-27(22-32(30)46-36)12-13-28-15-17-31-33(23-28)47-37(45-31)35-25-49(40(55)59-43(4,5)6)19-21-51(35)41(56)57-26-29-10-8-7-9-11-29/h7-11,14-17,22-23,34-35H,12-13,18-21,24-26H2,1-6H3,(H,44,46)(H,45,47)(H,52,53). The summed E-state index contributed by atoms with van der Waals surface area (Å²) < 4.78 is 16.9. The van der Waals surface area contributed by atoms with Crippen molar-refractivity contribution in [2.75, 3.05) is 39.3 Å². The first-order valence-electron chi connectivity index (χ1n) is 19.9. The van der Waals surface area contributed by atoms with E-state index in [4.69, 9.17) is 24.2 Å². The molecule has 59 heavy (non-hydrogen) atoms. The lowest BCUT2D eigenvalue weighted by Crippen LogP contribution is -2.53. The first kappa shape index (κ1) is 40.9. The zero-order chi connectivity index (χ0) is 42.1. The predicted octanol–water partition coefficient (Wildman–Crippen LogP) is 7.43. The Bertz CT molecular complexity index is 2330. The second-order valence-electron chi connectivity index (χ2n) is 17.0. The fraction of sp³-hybridized carbons (Fsp3) is 0.442. The zero-order valence-electron chi connectivity index (χ0n) is 34.4. The van der Waals surface area contributed by atoms with Crippen LogP contribution in [0.1, 0.15) is 82.0 Å². The number of carbonyl (C=O) groups excluding carboxylic acids is 3. The molecule has 0 saturated carbocycles. The van der Waals surface area contributed by atoms with Gasteiger partial charge in [-0.2, -0.15) is 0 Å². The molecular weight excluding hydrogens is 757 g/mol. The van der Waals surface area contributed by atoms with E-state index >= 15 is 0 Å². The molecule has 16 heteroatoms. The number of aromatic amines is 2. The lowest BCUT2D eigenvalue weighted by atomic mass is 10.0. The summed E-state index contributed by atoms with van der Waals surface area (Å²) in [5, 5.41) is 9.97. The fourth-order valence-corrected chi connectivity index (χ4v) is 7.34. The van der Waals surface area contributed by atoms with Crippen molar-refractivity contribution in [2.45, 2.75) is 84.3 Å². The van der Waals surface area contributed by atoms with Crippen molar-refractivity contribution in [3.05, 3.63) is 95.1 Å².